The van der Waals surface area contributed by atoms with Gasteiger partial charge in [-0.25, -0.2) is 0 Å². The van der Waals surface area contributed by atoms with Crippen molar-refractivity contribution in [1.82, 2.24) is 20.5 Å². The van der Waals surface area contributed by atoms with Crippen LogP contribution in [-0.4, -0.2) is 49.2 Å². The van der Waals surface area contributed by atoms with Crippen molar-refractivity contribution in [2.24, 2.45) is 4.99 Å². The standard InChI is InChI=1S/C24H29N5O/c1-25-24(28-17-23-22-9-5-4-6-19(22)10-11-26-23)27-16-20-7-2-3-8-21(20)18-29-12-14-30-15-13-29/h2-11H,12-18H2,1H3,(H2,25,27,28). The number of morpholine rings is 1. The summed E-state index contributed by atoms with van der Waals surface area (Å²) >= 11 is 0. The fourth-order valence-electron chi connectivity index (χ4n) is 3.77. The first kappa shape index (κ1) is 20.3. The zero-order chi connectivity index (χ0) is 20.6. The predicted molar refractivity (Wildman–Crippen MR) is 121 cm³/mol. The minimum atomic E-state index is 0.621. The Bertz CT molecular complexity index is 992. The maximum Gasteiger partial charge on any atom is 0.191 e. The molecule has 156 valence electrons. The van der Waals surface area contributed by atoms with Gasteiger partial charge in [-0.05, 0) is 22.6 Å². The van der Waals surface area contributed by atoms with Crippen molar-refractivity contribution in [3.05, 3.63) is 77.6 Å². The molecule has 1 aliphatic heterocycles. The van der Waals surface area contributed by atoms with Gasteiger partial charge in [0, 0.05) is 44.8 Å². The third kappa shape index (κ3) is 5.14. The average molecular weight is 404 g/mol. The van der Waals surface area contributed by atoms with Gasteiger partial charge in [0.25, 0.3) is 0 Å². The maximum absolute atomic E-state index is 5.47. The maximum atomic E-state index is 5.47. The summed E-state index contributed by atoms with van der Waals surface area (Å²) < 4.78 is 5.47. The van der Waals surface area contributed by atoms with E-state index in [1.54, 1.807) is 7.05 Å². The summed E-state index contributed by atoms with van der Waals surface area (Å²) in [6.07, 6.45) is 1.86. The van der Waals surface area contributed by atoms with Crippen molar-refractivity contribution in [3.63, 3.8) is 0 Å². The lowest BCUT2D eigenvalue weighted by molar-refractivity contribution is 0.0341. The number of rotatable bonds is 6. The molecule has 1 saturated heterocycles. The molecule has 0 aliphatic carbocycles. The highest BCUT2D eigenvalue weighted by Gasteiger charge is 2.13. The molecular formula is C24H29N5O. The minimum absolute atomic E-state index is 0.621. The van der Waals surface area contributed by atoms with Crippen LogP contribution in [0.3, 0.4) is 0 Å². The Morgan fingerprint density at radius 2 is 1.70 bits per heavy atom. The van der Waals surface area contributed by atoms with Gasteiger partial charge in [-0.3, -0.25) is 14.9 Å². The molecule has 0 atom stereocenters. The van der Waals surface area contributed by atoms with E-state index >= 15 is 0 Å². The molecule has 2 heterocycles. The molecule has 0 unspecified atom stereocenters. The second-order valence-corrected chi connectivity index (χ2v) is 7.42. The number of guanidine groups is 1. The average Bonchev–Trinajstić information content (AvgIpc) is 2.81. The van der Waals surface area contributed by atoms with E-state index in [2.05, 4.69) is 61.9 Å². The van der Waals surface area contributed by atoms with Crippen LogP contribution in [0.25, 0.3) is 10.8 Å². The molecule has 0 bridgehead atoms. The van der Waals surface area contributed by atoms with Crippen LogP contribution in [0.4, 0.5) is 0 Å². The fourth-order valence-corrected chi connectivity index (χ4v) is 3.77. The number of pyridine rings is 1. The van der Waals surface area contributed by atoms with E-state index < -0.39 is 0 Å². The third-order valence-electron chi connectivity index (χ3n) is 5.47. The molecule has 0 saturated carbocycles. The lowest BCUT2D eigenvalue weighted by Crippen LogP contribution is -2.37. The van der Waals surface area contributed by atoms with Crippen molar-refractivity contribution >= 4 is 16.7 Å². The van der Waals surface area contributed by atoms with Gasteiger partial charge in [0.1, 0.15) is 0 Å². The van der Waals surface area contributed by atoms with Gasteiger partial charge in [-0.15, -0.1) is 0 Å². The molecule has 2 aromatic carbocycles. The Morgan fingerprint density at radius 3 is 2.53 bits per heavy atom. The van der Waals surface area contributed by atoms with Crippen molar-refractivity contribution in [2.45, 2.75) is 19.6 Å². The normalized spacial score (nSPS) is 15.3. The molecule has 2 N–H and O–H groups in total. The zero-order valence-corrected chi connectivity index (χ0v) is 17.5. The third-order valence-corrected chi connectivity index (χ3v) is 5.47. The van der Waals surface area contributed by atoms with Crippen molar-refractivity contribution in [3.8, 4) is 0 Å². The van der Waals surface area contributed by atoms with E-state index in [1.807, 2.05) is 24.4 Å². The summed E-state index contributed by atoms with van der Waals surface area (Å²) in [6.45, 7) is 5.91. The van der Waals surface area contributed by atoms with Gasteiger partial charge in [0.2, 0.25) is 0 Å². The zero-order valence-electron chi connectivity index (χ0n) is 17.5. The first-order valence-electron chi connectivity index (χ1n) is 10.5. The topological polar surface area (TPSA) is 61.8 Å². The van der Waals surface area contributed by atoms with Crippen LogP contribution in [0.1, 0.15) is 16.8 Å². The number of hydrogen-bond donors (Lipinski definition) is 2. The van der Waals surface area contributed by atoms with Crippen LogP contribution in [0, 0.1) is 0 Å². The van der Waals surface area contributed by atoms with Crippen LogP contribution < -0.4 is 10.6 Å². The first-order valence-corrected chi connectivity index (χ1v) is 10.5. The Kier molecular flexibility index (Phi) is 6.90. The number of fused-ring (bicyclic) bond motifs is 1. The molecule has 0 spiro atoms. The van der Waals surface area contributed by atoms with E-state index in [0.29, 0.717) is 6.54 Å². The molecule has 0 amide bonds. The highest BCUT2D eigenvalue weighted by atomic mass is 16.5. The number of hydrogen-bond acceptors (Lipinski definition) is 4. The van der Waals surface area contributed by atoms with Crippen molar-refractivity contribution in [1.29, 1.82) is 0 Å². The van der Waals surface area contributed by atoms with Crippen molar-refractivity contribution in [2.75, 3.05) is 33.4 Å². The van der Waals surface area contributed by atoms with Crippen molar-refractivity contribution < 1.29 is 4.74 Å². The van der Waals surface area contributed by atoms with E-state index in [-0.39, 0.29) is 0 Å². The second-order valence-electron chi connectivity index (χ2n) is 7.42. The monoisotopic (exact) mass is 403 g/mol. The SMILES string of the molecule is CN=C(NCc1ccccc1CN1CCOCC1)NCc1nccc2ccccc12. The molecule has 3 aromatic rings. The lowest BCUT2D eigenvalue weighted by atomic mass is 10.1. The second kappa shape index (κ2) is 10.2. The summed E-state index contributed by atoms with van der Waals surface area (Å²) in [6, 6.07) is 19.0. The van der Waals surface area contributed by atoms with Crippen LogP contribution in [0.2, 0.25) is 0 Å². The van der Waals surface area contributed by atoms with E-state index in [9.17, 15) is 0 Å². The van der Waals surface area contributed by atoms with Crippen LogP contribution >= 0.6 is 0 Å². The van der Waals surface area contributed by atoms with Gasteiger partial charge in [0.15, 0.2) is 5.96 Å². The van der Waals surface area contributed by atoms with Gasteiger partial charge in [-0.1, -0.05) is 48.5 Å². The fraction of sp³-hybridized carbons (Fsp3) is 0.333. The summed E-state index contributed by atoms with van der Waals surface area (Å²) in [7, 11) is 1.80. The van der Waals surface area contributed by atoms with E-state index in [4.69, 9.17) is 4.74 Å². The highest BCUT2D eigenvalue weighted by Crippen LogP contribution is 2.16. The van der Waals surface area contributed by atoms with Gasteiger partial charge >= 0.3 is 0 Å². The number of aliphatic imine (C=N–C) groups is 1. The summed E-state index contributed by atoms with van der Waals surface area (Å²) in [5.74, 6) is 0.769. The van der Waals surface area contributed by atoms with Crippen LogP contribution in [0.5, 0.6) is 0 Å². The Hall–Kier alpha value is -2.96. The predicted octanol–water partition coefficient (Wildman–Crippen LogP) is 2.93. The Balaban J connectivity index is 1.37. The van der Waals surface area contributed by atoms with Gasteiger partial charge < -0.3 is 15.4 Å². The molecule has 1 aromatic heterocycles. The molecule has 6 nitrogen and oxygen atoms in total. The highest BCUT2D eigenvalue weighted by molar-refractivity contribution is 5.85. The summed E-state index contributed by atoms with van der Waals surface area (Å²) in [5.41, 5.74) is 3.65. The molecule has 4 rings (SSSR count). The molecular weight excluding hydrogens is 374 g/mol. The minimum Gasteiger partial charge on any atom is -0.379 e. The summed E-state index contributed by atoms with van der Waals surface area (Å²) in [4.78, 5) is 11.4. The Morgan fingerprint density at radius 1 is 0.967 bits per heavy atom. The molecule has 1 aliphatic rings. The summed E-state index contributed by atoms with van der Waals surface area (Å²) in [5, 5.41) is 9.21. The molecule has 6 heteroatoms. The van der Waals surface area contributed by atoms with Gasteiger partial charge in [0.05, 0.1) is 25.5 Å². The number of benzene rings is 2. The van der Waals surface area contributed by atoms with Gasteiger partial charge in [-0.2, -0.15) is 0 Å². The van der Waals surface area contributed by atoms with Crippen LogP contribution in [0.15, 0.2) is 65.8 Å². The number of aromatic nitrogens is 1. The lowest BCUT2D eigenvalue weighted by Gasteiger charge is -2.27. The first-order chi connectivity index (χ1) is 14.8. The molecule has 30 heavy (non-hydrogen) atoms. The van der Waals surface area contributed by atoms with Crippen LogP contribution in [-0.2, 0) is 24.4 Å². The number of nitrogens with zero attached hydrogens (tertiary/aromatic N) is 3. The number of nitrogens with one attached hydrogen (secondary N) is 2. The smallest absolute Gasteiger partial charge is 0.191 e. The molecule has 0 radical (unpaired) electrons. The largest absolute Gasteiger partial charge is 0.379 e. The number of ether oxygens (including phenoxy) is 1. The quantitative estimate of drug-likeness (QED) is 0.490. The molecule has 1 fully saturated rings. The van der Waals surface area contributed by atoms with E-state index in [1.165, 1.54) is 21.9 Å². The Labute approximate surface area is 178 Å². The van der Waals surface area contributed by atoms with E-state index in [0.717, 1.165) is 51.0 Å².